The minimum atomic E-state index is 0.0470. The van der Waals surface area contributed by atoms with Gasteiger partial charge in [-0.15, -0.1) is 0 Å². The molecule has 164 valence electrons. The van der Waals surface area contributed by atoms with Crippen LogP contribution in [0.2, 0.25) is 5.02 Å². The highest BCUT2D eigenvalue weighted by Gasteiger charge is 2.13. The number of amides is 1. The number of fused-ring (bicyclic) bond motifs is 1. The third kappa shape index (κ3) is 5.47. The first-order chi connectivity index (χ1) is 15.6. The van der Waals surface area contributed by atoms with Crippen molar-refractivity contribution in [2.24, 2.45) is 0 Å². The lowest BCUT2D eigenvalue weighted by molar-refractivity contribution is -0.120. The van der Waals surface area contributed by atoms with Crippen molar-refractivity contribution in [2.75, 3.05) is 18.4 Å². The van der Waals surface area contributed by atoms with Crippen LogP contribution in [0, 0.1) is 0 Å². The van der Waals surface area contributed by atoms with Crippen LogP contribution in [0.1, 0.15) is 18.4 Å². The van der Waals surface area contributed by atoms with Crippen LogP contribution in [-0.2, 0) is 11.2 Å². The predicted octanol–water partition coefficient (Wildman–Crippen LogP) is 5.36. The Kier molecular flexibility index (Phi) is 7.39. The average Bonchev–Trinajstić information content (AvgIpc) is 3.18. The van der Waals surface area contributed by atoms with Gasteiger partial charge in [0.2, 0.25) is 5.91 Å². The van der Waals surface area contributed by atoms with E-state index in [0.717, 1.165) is 52.1 Å². The second-order valence-corrected chi connectivity index (χ2v) is 8.64. The lowest BCUT2D eigenvalue weighted by Gasteiger charge is -2.12. The second-order valence-electron chi connectivity index (χ2n) is 7.38. The van der Waals surface area contributed by atoms with Crippen LogP contribution in [0.3, 0.4) is 0 Å². The smallest absolute Gasteiger partial charge is 0.224 e. The number of hydrogen-bond donors (Lipinski definition) is 2. The molecule has 0 fully saturated rings. The molecule has 0 saturated carbocycles. The Labute approximate surface area is 200 Å². The number of aromatic nitrogens is 3. The quantitative estimate of drug-likeness (QED) is 0.296. The van der Waals surface area contributed by atoms with Gasteiger partial charge < -0.3 is 10.6 Å². The summed E-state index contributed by atoms with van der Waals surface area (Å²) in [7, 11) is 0. The number of carbonyl (C=O) groups excluding carboxylic acids is 1. The maximum atomic E-state index is 12.1. The second kappa shape index (κ2) is 10.6. The van der Waals surface area contributed by atoms with Crippen LogP contribution < -0.4 is 10.6 Å². The van der Waals surface area contributed by atoms with Crippen LogP contribution in [-0.4, -0.2) is 33.6 Å². The topological polar surface area (TPSA) is 71.3 Å². The van der Waals surface area contributed by atoms with Crippen molar-refractivity contribution >= 4 is 44.9 Å². The molecule has 2 aromatic carbocycles. The van der Waals surface area contributed by atoms with Gasteiger partial charge in [-0.25, -0.2) is 4.98 Å². The van der Waals surface area contributed by atoms with E-state index in [2.05, 4.69) is 31.7 Å². The van der Waals surface area contributed by atoms with Gasteiger partial charge in [-0.1, -0.05) is 60.1 Å². The highest BCUT2D eigenvalue weighted by atomic mass is 79.9. The fourth-order valence-electron chi connectivity index (χ4n) is 3.41. The monoisotopic (exact) mass is 511 g/mol. The zero-order chi connectivity index (χ0) is 22.3. The standard InChI is InChI=1S/C24H23BrClN5O/c25-19-16-29-31-22(15-21(30-24(19)31)18-10-4-5-11-20(18)26)27-12-6-7-13-28-23(32)14-17-8-2-1-3-9-17/h1-5,8-11,15-16,27H,6-7,12-14H2,(H,28,32). The Morgan fingerprint density at radius 2 is 1.78 bits per heavy atom. The van der Waals surface area contributed by atoms with Gasteiger partial charge in [0.1, 0.15) is 5.82 Å². The molecule has 0 saturated heterocycles. The summed E-state index contributed by atoms with van der Waals surface area (Å²) in [6, 6.07) is 19.4. The molecule has 0 aliphatic carbocycles. The Balaban J connectivity index is 1.33. The summed E-state index contributed by atoms with van der Waals surface area (Å²) in [4.78, 5) is 16.8. The van der Waals surface area contributed by atoms with E-state index >= 15 is 0 Å². The Morgan fingerprint density at radius 3 is 2.59 bits per heavy atom. The van der Waals surface area contributed by atoms with E-state index in [4.69, 9.17) is 16.6 Å². The molecule has 1 amide bonds. The number of rotatable bonds is 9. The Morgan fingerprint density at radius 1 is 1.03 bits per heavy atom. The van der Waals surface area contributed by atoms with E-state index < -0.39 is 0 Å². The van der Waals surface area contributed by atoms with Gasteiger partial charge in [0, 0.05) is 29.7 Å². The first-order valence-corrected chi connectivity index (χ1v) is 11.6. The molecule has 0 radical (unpaired) electrons. The summed E-state index contributed by atoms with van der Waals surface area (Å²) in [5, 5.41) is 11.5. The van der Waals surface area contributed by atoms with E-state index in [1.54, 1.807) is 10.7 Å². The van der Waals surface area contributed by atoms with Gasteiger partial charge in [-0.05, 0) is 40.4 Å². The molecule has 0 unspecified atom stereocenters. The van der Waals surface area contributed by atoms with Gasteiger partial charge in [0.25, 0.3) is 0 Å². The minimum absolute atomic E-state index is 0.0470. The average molecular weight is 513 g/mol. The van der Waals surface area contributed by atoms with Crippen molar-refractivity contribution in [1.82, 2.24) is 19.9 Å². The van der Waals surface area contributed by atoms with E-state index in [1.165, 1.54) is 0 Å². The molecule has 0 spiro atoms. The molecule has 0 bridgehead atoms. The molecule has 2 heterocycles. The van der Waals surface area contributed by atoms with Crippen molar-refractivity contribution in [1.29, 1.82) is 0 Å². The molecule has 6 nitrogen and oxygen atoms in total. The number of anilines is 1. The number of unbranched alkanes of at least 4 members (excludes halogenated alkanes) is 1. The van der Waals surface area contributed by atoms with Crippen molar-refractivity contribution < 1.29 is 4.79 Å². The molecule has 0 aliphatic heterocycles. The normalized spacial score (nSPS) is 10.9. The maximum Gasteiger partial charge on any atom is 0.224 e. The minimum Gasteiger partial charge on any atom is -0.370 e. The number of benzene rings is 2. The number of nitrogens with zero attached hydrogens (tertiary/aromatic N) is 3. The number of nitrogens with one attached hydrogen (secondary N) is 2. The summed E-state index contributed by atoms with van der Waals surface area (Å²) < 4.78 is 2.59. The number of carbonyl (C=O) groups is 1. The fraction of sp³-hybridized carbons (Fsp3) is 0.208. The van der Waals surface area contributed by atoms with Crippen molar-refractivity contribution in [3.63, 3.8) is 0 Å². The zero-order valence-electron chi connectivity index (χ0n) is 17.4. The van der Waals surface area contributed by atoms with E-state index in [1.807, 2.05) is 60.7 Å². The molecular formula is C24H23BrClN5O. The van der Waals surface area contributed by atoms with Gasteiger partial charge in [0.05, 0.1) is 22.8 Å². The molecule has 32 heavy (non-hydrogen) atoms. The number of halogens is 2. The van der Waals surface area contributed by atoms with Crippen molar-refractivity contribution in [3.8, 4) is 11.3 Å². The molecule has 0 aliphatic rings. The summed E-state index contributed by atoms with van der Waals surface area (Å²) in [5.74, 6) is 0.884. The van der Waals surface area contributed by atoms with Crippen LogP contribution >= 0.6 is 27.5 Å². The third-order valence-electron chi connectivity index (χ3n) is 5.02. The van der Waals surface area contributed by atoms with Crippen molar-refractivity contribution in [2.45, 2.75) is 19.3 Å². The lowest BCUT2D eigenvalue weighted by Crippen LogP contribution is -2.26. The van der Waals surface area contributed by atoms with Crippen molar-refractivity contribution in [3.05, 3.63) is 81.9 Å². The molecular weight excluding hydrogens is 490 g/mol. The molecule has 0 atom stereocenters. The predicted molar refractivity (Wildman–Crippen MR) is 132 cm³/mol. The summed E-state index contributed by atoms with van der Waals surface area (Å²) in [5.41, 5.74) is 3.39. The van der Waals surface area contributed by atoms with Crippen LogP contribution in [0.4, 0.5) is 5.82 Å². The van der Waals surface area contributed by atoms with Gasteiger partial charge in [-0.2, -0.15) is 9.61 Å². The van der Waals surface area contributed by atoms with Crippen LogP contribution in [0.5, 0.6) is 0 Å². The maximum absolute atomic E-state index is 12.1. The van der Waals surface area contributed by atoms with Gasteiger partial charge in [0.15, 0.2) is 5.65 Å². The molecule has 8 heteroatoms. The highest BCUT2D eigenvalue weighted by molar-refractivity contribution is 9.10. The summed E-state index contributed by atoms with van der Waals surface area (Å²) in [6.45, 7) is 1.39. The lowest BCUT2D eigenvalue weighted by atomic mass is 10.1. The summed E-state index contributed by atoms with van der Waals surface area (Å²) >= 11 is 9.90. The third-order valence-corrected chi connectivity index (χ3v) is 5.91. The fourth-order valence-corrected chi connectivity index (χ4v) is 3.99. The first-order valence-electron chi connectivity index (χ1n) is 10.5. The molecule has 2 N–H and O–H groups in total. The van der Waals surface area contributed by atoms with Crippen LogP contribution in [0.25, 0.3) is 16.9 Å². The zero-order valence-corrected chi connectivity index (χ0v) is 19.7. The molecule has 4 aromatic rings. The van der Waals surface area contributed by atoms with Gasteiger partial charge >= 0.3 is 0 Å². The van der Waals surface area contributed by atoms with Gasteiger partial charge in [-0.3, -0.25) is 4.79 Å². The Hall–Kier alpha value is -2.90. The Bertz CT molecular complexity index is 1210. The highest BCUT2D eigenvalue weighted by Crippen LogP contribution is 2.30. The van der Waals surface area contributed by atoms with E-state index in [-0.39, 0.29) is 5.91 Å². The van der Waals surface area contributed by atoms with Crippen LogP contribution in [0.15, 0.2) is 71.3 Å². The SMILES string of the molecule is O=C(Cc1ccccc1)NCCCCNc1cc(-c2ccccc2Cl)nc2c(Br)cnn12. The first kappa shape index (κ1) is 22.3. The van der Waals surface area contributed by atoms with E-state index in [9.17, 15) is 4.79 Å². The molecule has 4 rings (SSSR count). The summed E-state index contributed by atoms with van der Waals surface area (Å²) in [6.07, 6.45) is 3.92. The largest absolute Gasteiger partial charge is 0.370 e. The number of hydrogen-bond acceptors (Lipinski definition) is 4. The van der Waals surface area contributed by atoms with E-state index in [0.29, 0.717) is 18.0 Å². The molecule has 2 aromatic heterocycles.